The molecule has 0 amide bonds. The lowest BCUT2D eigenvalue weighted by atomic mass is 10.2. The molecule has 0 spiro atoms. The normalized spacial score (nSPS) is 9.00. The molecule has 0 saturated carbocycles. The molecule has 0 fully saturated rings. The molecule has 1 heterocycles. The van der Waals surface area contributed by atoms with Crippen molar-refractivity contribution in [3.63, 3.8) is 0 Å². The van der Waals surface area contributed by atoms with Gasteiger partial charge in [0.15, 0.2) is 0 Å². The standard InChI is InChI=1S/C10H7BrClNO2/c1-15-10(14)8-5-7(3-2-4-11)6-13-9(8)12/h5-6H,4H2,1H3. The Bertz CT molecular complexity index is 437. The van der Waals surface area contributed by atoms with Crippen molar-refractivity contribution in [2.75, 3.05) is 12.4 Å². The van der Waals surface area contributed by atoms with Gasteiger partial charge in [-0.2, -0.15) is 0 Å². The van der Waals surface area contributed by atoms with Gasteiger partial charge in [-0.1, -0.05) is 39.4 Å². The third-order valence-electron chi connectivity index (χ3n) is 1.54. The molecule has 0 aliphatic carbocycles. The summed E-state index contributed by atoms with van der Waals surface area (Å²) in [7, 11) is 1.29. The summed E-state index contributed by atoms with van der Waals surface area (Å²) in [4.78, 5) is 15.1. The summed E-state index contributed by atoms with van der Waals surface area (Å²) in [5, 5.41) is 0.676. The average molecular weight is 289 g/mol. The predicted octanol–water partition coefficient (Wildman–Crippen LogP) is 2.27. The van der Waals surface area contributed by atoms with Crippen LogP contribution in [0.4, 0.5) is 0 Å². The van der Waals surface area contributed by atoms with Crippen molar-refractivity contribution >= 4 is 33.5 Å². The Balaban J connectivity index is 3.10. The molecule has 0 radical (unpaired) electrons. The van der Waals surface area contributed by atoms with Gasteiger partial charge in [0, 0.05) is 11.8 Å². The predicted molar refractivity (Wildman–Crippen MR) is 61.3 cm³/mol. The Labute approximate surface area is 101 Å². The van der Waals surface area contributed by atoms with E-state index in [1.165, 1.54) is 13.3 Å². The molecule has 5 heteroatoms. The van der Waals surface area contributed by atoms with Gasteiger partial charge in [0.2, 0.25) is 0 Å². The topological polar surface area (TPSA) is 39.2 Å². The third kappa shape index (κ3) is 3.22. The number of esters is 1. The van der Waals surface area contributed by atoms with Gasteiger partial charge in [-0.25, -0.2) is 9.78 Å². The van der Waals surface area contributed by atoms with E-state index in [0.29, 0.717) is 10.9 Å². The number of methoxy groups -OCH3 is 1. The number of pyridine rings is 1. The minimum Gasteiger partial charge on any atom is -0.465 e. The number of hydrogen-bond acceptors (Lipinski definition) is 3. The summed E-state index contributed by atoms with van der Waals surface area (Å²) in [6.07, 6.45) is 1.50. The highest BCUT2D eigenvalue weighted by Crippen LogP contribution is 2.14. The molecule has 0 unspecified atom stereocenters. The lowest BCUT2D eigenvalue weighted by molar-refractivity contribution is 0.0600. The third-order valence-corrected chi connectivity index (χ3v) is 2.13. The highest BCUT2D eigenvalue weighted by atomic mass is 79.9. The molecule has 0 bridgehead atoms. The number of aromatic nitrogens is 1. The second kappa shape index (κ2) is 5.74. The zero-order valence-corrected chi connectivity index (χ0v) is 10.2. The first-order valence-corrected chi connectivity index (χ1v) is 5.47. The maximum absolute atomic E-state index is 11.3. The van der Waals surface area contributed by atoms with E-state index in [9.17, 15) is 4.79 Å². The fourth-order valence-electron chi connectivity index (χ4n) is 0.905. The molecule has 0 aliphatic rings. The zero-order valence-electron chi connectivity index (χ0n) is 7.88. The Hall–Kier alpha value is -1.05. The van der Waals surface area contributed by atoms with Crippen LogP contribution in [0.25, 0.3) is 0 Å². The van der Waals surface area contributed by atoms with Crippen molar-refractivity contribution in [1.82, 2.24) is 4.98 Å². The minimum atomic E-state index is -0.519. The number of nitrogens with zero attached hydrogens (tertiary/aromatic N) is 1. The van der Waals surface area contributed by atoms with E-state index in [1.807, 2.05) is 0 Å². The van der Waals surface area contributed by atoms with Crippen molar-refractivity contribution in [2.45, 2.75) is 0 Å². The van der Waals surface area contributed by atoms with Crippen LogP contribution in [-0.4, -0.2) is 23.4 Å². The number of halogens is 2. The van der Waals surface area contributed by atoms with Crippen LogP contribution in [0.2, 0.25) is 5.15 Å². The van der Waals surface area contributed by atoms with Crippen LogP contribution in [0.3, 0.4) is 0 Å². The number of ether oxygens (including phenoxy) is 1. The number of carbonyl (C=O) groups is 1. The van der Waals surface area contributed by atoms with Crippen LogP contribution in [-0.2, 0) is 4.74 Å². The lowest BCUT2D eigenvalue weighted by Gasteiger charge is -2.01. The highest BCUT2D eigenvalue weighted by molar-refractivity contribution is 9.09. The summed E-state index contributed by atoms with van der Waals surface area (Å²) in [6.45, 7) is 0. The van der Waals surface area contributed by atoms with Gasteiger partial charge in [0.25, 0.3) is 0 Å². The molecule has 0 aromatic carbocycles. The van der Waals surface area contributed by atoms with Gasteiger partial charge in [-0.05, 0) is 6.07 Å². The van der Waals surface area contributed by atoms with Crippen LogP contribution in [0, 0.1) is 11.8 Å². The summed E-state index contributed by atoms with van der Waals surface area (Å²) in [5.74, 6) is 5.10. The number of hydrogen-bond donors (Lipinski definition) is 0. The van der Waals surface area contributed by atoms with E-state index in [2.05, 4.69) is 37.5 Å². The Morgan fingerprint density at radius 3 is 3.07 bits per heavy atom. The van der Waals surface area contributed by atoms with Crippen molar-refractivity contribution in [3.8, 4) is 11.8 Å². The lowest BCUT2D eigenvalue weighted by Crippen LogP contribution is -2.03. The van der Waals surface area contributed by atoms with Gasteiger partial charge in [0.1, 0.15) is 5.15 Å². The molecule has 0 aliphatic heterocycles. The average Bonchev–Trinajstić information content (AvgIpc) is 2.27. The van der Waals surface area contributed by atoms with E-state index in [0.717, 1.165) is 0 Å². The summed E-state index contributed by atoms with van der Waals surface area (Å²) < 4.78 is 4.56. The van der Waals surface area contributed by atoms with E-state index in [-0.39, 0.29) is 10.7 Å². The monoisotopic (exact) mass is 287 g/mol. The maximum Gasteiger partial charge on any atom is 0.341 e. The van der Waals surface area contributed by atoms with Crippen LogP contribution < -0.4 is 0 Å². The largest absolute Gasteiger partial charge is 0.465 e. The van der Waals surface area contributed by atoms with E-state index < -0.39 is 5.97 Å². The fourth-order valence-corrected chi connectivity index (χ4v) is 1.23. The van der Waals surface area contributed by atoms with Crippen LogP contribution in [0.15, 0.2) is 12.3 Å². The highest BCUT2D eigenvalue weighted by Gasteiger charge is 2.11. The zero-order chi connectivity index (χ0) is 11.3. The second-order valence-electron chi connectivity index (χ2n) is 2.49. The molecule has 1 aromatic rings. The Morgan fingerprint density at radius 1 is 1.73 bits per heavy atom. The Kier molecular flexibility index (Phi) is 4.60. The molecular weight excluding hydrogens is 281 g/mol. The van der Waals surface area contributed by atoms with Gasteiger partial charge < -0.3 is 4.74 Å². The Morgan fingerprint density at radius 2 is 2.47 bits per heavy atom. The first-order chi connectivity index (χ1) is 7.19. The van der Waals surface area contributed by atoms with Crippen molar-refractivity contribution in [1.29, 1.82) is 0 Å². The first-order valence-electron chi connectivity index (χ1n) is 3.97. The second-order valence-corrected chi connectivity index (χ2v) is 3.41. The number of carbonyl (C=O) groups excluding carboxylic acids is 1. The molecule has 0 saturated heterocycles. The van der Waals surface area contributed by atoms with Crippen molar-refractivity contribution in [3.05, 3.63) is 28.5 Å². The molecular formula is C10H7BrClNO2. The van der Waals surface area contributed by atoms with E-state index >= 15 is 0 Å². The SMILES string of the molecule is COC(=O)c1cc(C#CCBr)cnc1Cl. The van der Waals surface area contributed by atoms with Gasteiger partial charge >= 0.3 is 5.97 Å². The fraction of sp³-hybridized carbons (Fsp3) is 0.200. The molecule has 0 atom stereocenters. The number of alkyl halides is 1. The van der Waals surface area contributed by atoms with E-state index in [1.54, 1.807) is 6.07 Å². The summed E-state index contributed by atoms with van der Waals surface area (Å²) in [6, 6.07) is 1.55. The molecule has 1 rings (SSSR count). The van der Waals surface area contributed by atoms with Gasteiger partial charge in [-0.3, -0.25) is 0 Å². The van der Waals surface area contributed by atoms with Crippen LogP contribution in [0.5, 0.6) is 0 Å². The van der Waals surface area contributed by atoms with Crippen molar-refractivity contribution in [2.24, 2.45) is 0 Å². The van der Waals surface area contributed by atoms with Gasteiger partial charge in [-0.15, -0.1) is 0 Å². The maximum atomic E-state index is 11.3. The molecule has 0 N–H and O–H groups in total. The minimum absolute atomic E-state index is 0.117. The van der Waals surface area contributed by atoms with E-state index in [4.69, 9.17) is 11.6 Å². The number of rotatable bonds is 1. The van der Waals surface area contributed by atoms with Crippen LogP contribution in [0.1, 0.15) is 15.9 Å². The molecule has 15 heavy (non-hydrogen) atoms. The quantitative estimate of drug-likeness (QED) is 0.344. The molecule has 3 nitrogen and oxygen atoms in total. The first kappa shape index (κ1) is 12.0. The van der Waals surface area contributed by atoms with Crippen LogP contribution >= 0.6 is 27.5 Å². The van der Waals surface area contributed by atoms with Crippen molar-refractivity contribution < 1.29 is 9.53 Å². The molecule has 1 aromatic heterocycles. The summed E-state index contributed by atoms with van der Waals surface area (Å²) >= 11 is 8.91. The molecule has 78 valence electrons. The smallest absolute Gasteiger partial charge is 0.341 e. The van der Waals surface area contributed by atoms with Gasteiger partial charge in [0.05, 0.1) is 18.0 Å². The summed E-state index contributed by atoms with van der Waals surface area (Å²) in [5.41, 5.74) is 0.847.